The van der Waals surface area contributed by atoms with Gasteiger partial charge in [0.15, 0.2) is 0 Å². The first-order chi connectivity index (χ1) is 9.28. The zero-order valence-electron chi connectivity index (χ0n) is 12.2. The number of hydrogen-bond acceptors (Lipinski definition) is 3. The molecule has 0 bridgehead atoms. The van der Waals surface area contributed by atoms with Crippen molar-refractivity contribution in [1.82, 2.24) is 10.3 Å². The van der Waals surface area contributed by atoms with E-state index in [1.165, 1.54) is 31.2 Å². The molecule has 1 N–H and O–H groups in total. The van der Waals surface area contributed by atoms with Crippen LogP contribution in [-0.4, -0.2) is 17.6 Å². The molecule has 1 heterocycles. The Morgan fingerprint density at radius 2 is 2.11 bits per heavy atom. The van der Waals surface area contributed by atoms with Crippen molar-refractivity contribution in [2.45, 2.75) is 58.6 Å². The predicted octanol–water partition coefficient (Wildman–Crippen LogP) is 3.54. The van der Waals surface area contributed by atoms with Gasteiger partial charge in [-0.1, -0.05) is 13.8 Å². The molecule has 1 aromatic heterocycles. The van der Waals surface area contributed by atoms with Crippen LogP contribution in [0.15, 0.2) is 18.3 Å². The largest absolute Gasteiger partial charge is 0.474 e. The van der Waals surface area contributed by atoms with Crippen LogP contribution < -0.4 is 10.1 Å². The molecule has 2 rings (SSSR count). The third-order valence-electron chi connectivity index (χ3n) is 3.81. The molecular formula is C16H26N2O. The van der Waals surface area contributed by atoms with E-state index in [4.69, 9.17) is 4.74 Å². The van der Waals surface area contributed by atoms with Crippen LogP contribution in [0.25, 0.3) is 0 Å². The lowest BCUT2D eigenvalue weighted by molar-refractivity contribution is 0.130. The Bertz CT molecular complexity index is 373. The third kappa shape index (κ3) is 4.83. The second kappa shape index (κ2) is 7.49. The zero-order chi connectivity index (χ0) is 13.5. The summed E-state index contributed by atoms with van der Waals surface area (Å²) in [6.45, 7) is 6.46. The number of pyridine rings is 1. The standard InChI is InChI=1S/C16H26N2O/c1-3-9-17-12-14-8-10-18-16(11-14)19-15-6-4-13(2)5-7-15/h8,10-11,13,15,17H,3-7,9,12H2,1-2H3. The Kier molecular flexibility index (Phi) is 5.64. The van der Waals surface area contributed by atoms with Crippen molar-refractivity contribution < 1.29 is 4.74 Å². The molecule has 0 aliphatic heterocycles. The quantitative estimate of drug-likeness (QED) is 0.796. The number of ether oxygens (including phenoxy) is 1. The molecule has 19 heavy (non-hydrogen) atoms. The van der Waals surface area contributed by atoms with Crippen LogP contribution in [0.4, 0.5) is 0 Å². The van der Waals surface area contributed by atoms with Crippen LogP contribution in [0.3, 0.4) is 0 Å². The Balaban J connectivity index is 1.84. The van der Waals surface area contributed by atoms with Crippen LogP contribution in [0.2, 0.25) is 0 Å². The van der Waals surface area contributed by atoms with Gasteiger partial charge in [0.05, 0.1) is 0 Å². The molecular weight excluding hydrogens is 236 g/mol. The van der Waals surface area contributed by atoms with Gasteiger partial charge in [-0.05, 0) is 56.2 Å². The second-order valence-corrected chi connectivity index (χ2v) is 5.68. The summed E-state index contributed by atoms with van der Waals surface area (Å²) >= 11 is 0. The van der Waals surface area contributed by atoms with Crippen LogP contribution in [-0.2, 0) is 6.54 Å². The van der Waals surface area contributed by atoms with Gasteiger partial charge in [-0.15, -0.1) is 0 Å². The molecule has 1 fully saturated rings. The van der Waals surface area contributed by atoms with Gasteiger partial charge in [-0.3, -0.25) is 0 Å². The molecule has 0 radical (unpaired) electrons. The predicted molar refractivity (Wildman–Crippen MR) is 78.3 cm³/mol. The van der Waals surface area contributed by atoms with Gasteiger partial charge in [0.1, 0.15) is 6.10 Å². The van der Waals surface area contributed by atoms with Gasteiger partial charge in [-0.25, -0.2) is 4.98 Å². The van der Waals surface area contributed by atoms with Gasteiger partial charge in [-0.2, -0.15) is 0 Å². The van der Waals surface area contributed by atoms with E-state index in [0.29, 0.717) is 6.10 Å². The Morgan fingerprint density at radius 3 is 2.84 bits per heavy atom. The maximum absolute atomic E-state index is 6.01. The zero-order valence-corrected chi connectivity index (χ0v) is 12.2. The summed E-state index contributed by atoms with van der Waals surface area (Å²) in [5.74, 6) is 1.65. The number of nitrogens with zero attached hydrogens (tertiary/aromatic N) is 1. The third-order valence-corrected chi connectivity index (χ3v) is 3.81. The Hall–Kier alpha value is -1.09. The molecule has 1 aromatic rings. The van der Waals surface area contributed by atoms with Crippen LogP contribution in [0, 0.1) is 5.92 Å². The minimum Gasteiger partial charge on any atom is -0.474 e. The van der Waals surface area contributed by atoms with Crippen molar-refractivity contribution >= 4 is 0 Å². The van der Waals surface area contributed by atoms with Crippen molar-refractivity contribution in [2.75, 3.05) is 6.54 Å². The molecule has 1 aliphatic rings. The van der Waals surface area contributed by atoms with E-state index in [1.807, 2.05) is 6.20 Å². The molecule has 1 aliphatic carbocycles. The number of rotatable bonds is 6. The maximum atomic E-state index is 6.01. The molecule has 0 aromatic carbocycles. The SMILES string of the molecule is CCCNCc1ccnc(OC2CCC(C)CC2)c1. The summed E-state index contributed by atoms with van der Waals surface area (Å²) in [6, 6.07) is 4.12. The van der Waals surface area contributed by atoms with Gasteiger partial charge in [0.2, 0.25) is 5.88 Å². The molecule has 0 spiro atoms. The van der Waals surface area contributed by atoms with Crippen molar-refractivity contribution in [1.29, 1.82) is 0 Å². The average molecular weight is 262 g/mol. The van der Waals surface area contributed by atoms with Crippen molar-refractivity contribution in [3.05, 3.63) is 23.9 Å². The van der Waals surface area contributed by atoms with Gasteiger partial charge < -0.3 is 10.1 Å². The van der Waals surface area contributed by atoms with Crippen LogP contribution in [0.1, 0.15) is 51.5 Å². The molecule has 0 atom stereocenters. The lowest BCUT2D eigenvalue weighted by Gasteiger charge is -2.26. The minimum atomic E-state index is 0.363. The summed E-state index contributed by atoms with van der Waals surface area (Å²) in [6.07, 6.45) is 8.27. The van der Waals surface area contributed by atoms with Gasteiger partial charge in [0.25, 0.3) is 0 Å². The summed E-state index contributed by atoms with van der Waals surface area (Å²) < 4.78 is 6.01. The molecule has 0 unspecified atom stereocenters. The summed E-state index contributed by atoms with van der Waals surface area (Å²) in [7, 11) is 0. The van der Waals surface area contributed by atoms with Crippen LogP contribution >= 0.6 is 0 Å². The monoisotopic (exact) mass is 262 g/mol. The Labute approximate surface area is 116 Å². The number of aromatic nitrogens is 1. The van der Waals surface area contributed by atoms with Crippen LogP contribution in [0.5, 0.6) is 5.88 Å². The summed E-state index contributed by atoms with van der Waals surface area (Å²) in [5, 5.41) is 3.40. The summed E-state index contributed by atoms with van der Waals surface area (Å²) in [4.78, 5) is 4.33. The van der Waals surface area contributed by atoms with E-state index in [0.717, 1.165) is 31.3 Å². The van der Waals surface area contributed by atoms with Gasteiger partial charge in [0, 0.05) is 18.8 Å². The van der Waals surface area contributed by atoms with Crippen molar-refractivity contribution in [3.8, 4) is 5.88 Å². The first-order valence-corrected chi connectivity index (χ1v) is 7.60. The smallest absolute Gasteiger partial charge is 0.213 e. The first-order valence-electron chi connectivity index (χ1n) is 7.60. The fourth-order valence-corrected chi connectivity index (χ4v) is 2.55. The molecule has 0 amide bonds. The van der Waals surface area contributed by atoms with E-state index >= 15 is 0 Å². The van der Waals surface area contributed by atoms with E-state index < -0.39 is 0 Å². The lowest BCUT2D eigenvalue weighted by Crippen LogP contribution is -2.23. The van der Waals surface area contributed by atoms with E-state index in [2.05, 4.69) is 36.3 Å². The highest BCUT2D eigenvalue weighted by molar-refractivity contribution is 5.20. The molecule has 3 nitrogen and oxygen atoms in total. The summed E-state index contributed by atoms with van der Waals surface area (Å²) in [5.41, 5.74) is 1.25. The maximum Gasteiger partial charge on any atom is 0.213 e. The minimum absolute atomic E-state index is 0.363. The van der Waals surface area contributed by atoms with E-state index in [1.54, 1.807) is 0 Å². The highest BCUT2D eigenvalue weighted by Crippen LogP contribution is 2.26. The highest BCUT2D eigenvalue weighted by Gasteiger charge is 2.19. The highest BCUT2D eigenvalue weighted by atomic mass is 16.5. The Morgan fingerprint density at radius 1 is 1.32 bits per heavy atom. The number of nitrogens with one attached hydrogen (secondary N) is 1. The molecule has 106 valence electrons. The topological polar surface area (TPSA) is 34.2 Å². The molecule has 1 saturated carbocycles. The normalized spacial score (nSPS) is 23.3. The van der Waals surface area contributed by atoms with E-state index in [9.17, 15) is 0 Å². The number of hydrogen-bond donors (Lipinski definition) is 1. The fraction of sp³-hybridized carbons (Fsp3) is 0.688. The first kappa shape index (κ1) is 14.3. The fourth-order valence-electron chi connectivity index (χ4n) is 2.55. The van der Waals surface area contributed by atoms with Gasteiger partial charge >= 0.3 is 0 Å². The average Bonchev–Trinajstić information content (AvgIpc) is 2.42. The lowest BCUT2D eigenvalue weighted by atomic mass is 9.89. The van der Waals surface area contributed by atoms with Crippen molar-refractivity contribution in [3.63, 3.8) is 0 Å². The van der Waals surface area contributed by atoms with Crippen molar-refractivity contribution in [2.24, 2.45) is 5.92 Å². The molecule has 0 saturated heterocycles. The van der Waals surface area contributed by atoms with E-state index in [-0.39, 0.29) is 0 Å². The second-order valence-electron chi connectivity index (χ2n) is 5.68. The molecule has 3 heteroatoms.